The fraction of sp³-hybridized carbons (Fsp3) is 0.00901. The van der Waals surface area contributed by atoms with Gasteiger partial charge in [0.15, 0.2) is 0 Å². The van der Waals surface area contributed by atoms with Crippen molar-refractivity contribution < 1.29 is 0 Å². The molecule has 6 nitrogen and oxygen atoms in total. The second-order valence-electron chi connectivity index (χ2n) is 31.0. The predicted octanol–water partition coefficient (Wildman–Crippen LogP) is 28.4. The summed E-state index contributed by atoms with van der Waals surface area (Å²) < 4.78 is 4.76. The summed E-state index contributed by atoms with van der Waals surface area (Å²) in [5, 5.41) is 14.2. The second-order valence-corrected chi connectivity index (χ2v) is 31.0. The van der Waals surface area contributed by atoms with Crippen LogP contribution in [0.4, 0.5) is 0 Å². The lowest BCUT2D eigenvalue weighted by atomic mass is 9.70. The highest BCUT2D eigenvalue weighted by Crippen LogP contribution is 2.63. The Hall–Kier alpha value is -15.5. The van der Waals surface area contributed by atoms with Crippen LogP contribution in [0.5, 0.6) is 0 Å². The molecule has 2 aliphatic rings. The molecule has 25 rings (SSSR count). The second kappa shape index (κ2) is 26.3. The van der Waals surface area contributed by atoms with Gasteiger partial charge in [-0.25, -0.2) is 9.97 Å². The molecule has 0 saturated heterocycles. The van der Waals surface area contributed by atoms with E-state index in [2.05, 4.69) is 410 Å². The van der Waals surface area contributed by atoms with Gasteiger partial charge < -0.3 is 9.13 Å². The van der Waals surface area contributed by atoms with Crippen molar-refractivity contribution in [1.29, 1.82) is 0 Å². The molecule has 0 atom stereocenters. The van der Waals surface area contributed by atoms with Gasteiger partial charge in [-0.05, 0) is 177 Å². The maximum Gasteiger partial charge on any atom is 0.0979 e. The molecule has 0 radical (unpaired) electrons. The average Bonchev–Trinajstić information content (AvgIpc) is 1.51. The molecule has 0 aliphatic heterocycles. The fourth-order valence-corrected chi connectivity index (χ4v) is 19.6. The highest BCUT2D eigenvalue weighted by Gasteiger charge is 2.51. The number of para-hydroxylation sites is 2. The Bertz CT molecular complexity index is 7940. The van der Waals surface area contributed by atoms with Gasteiger partial charge in [-0.1, -0.05) is 334 Å². The van der Waals surface area contributed by atoms with Gasteiger partial charge in [-0.3, -0.25) is 9.97 Å². The molecule has 0 unspecified atom stereocenters. The Morgan fingerprint density at radius 3 is 0.906 bits per heavy atom. The van der Waals surface area contributed by atoms with Gasteiger partial charge in [0.1, 0.15) is 0 Å². The zero-order chi connectivity index (χ0) is 76.8. The van der Waals surface area contributed by atoms with E-state index in [0.29, 0.717) is 0 Å². The first-order valence-corrected chi connectivity index (χ1v) is 40.1. The molecule has 542 valence electrons. The zero-order valence-electron chi connectivity index (χ0n) is 63.4. The third-order valence-corrected chi connectivity index (χ3v) is 24.9. The molecule has 4 heterocycles. The third kappa shape index (κ3) is 10.2. The summed E-state index contributed by atoms with van der Waals surface area (Å²) in [7, 11) is 0. The van der Waals surface area contributed by atoms with E-state index in [1.165, 1.54) is 149 Å². The molecular weight excluding hydrogens is 1420 g/mol. The van der Waals surface area contributed by atoms with Crippen LogP contribution in [0.3, 0.4) is 0 Å². The van der Waals surface area contributed by atoms with Gasteiger partial charge in [-0.15, -0.1) is 0 Å². The SMILES string of the molecule is c1cc(-c2cnc3c4ccccc4c4ccccc4c3n2)cc(-n2c3ccccc3c3cc(-c4ccc(-c5ccc6c(c5)C5(c7ccccc7-c7ccccc75)c5ccccc5-6)cc4)ccc32)c1.c1ccc(-c2ccc(-c3ccc4c(c3)c3ccccc3n4-c3cccc(-c4cnc5c6ccccc6c6ccccc6c5n4)c3)cc2)cc1. The number of hydrogen-bond acceptors (Lipinski definition) is 4. The maximum atomic E-state index is 5.33. The molecule has 0 amide bonds. The van der Waals surface area contributed by atoms with E-state index < -0.39 is 0 Å². The minimum Gasteiger partial charge on any atom is -0.309 e. The van der Waals surface area contributed by atoms with Gasteiger partial charge in [-0.2, -0.15) is 0 Å². The van der Waals surface area contributed by atoms with E-state index in [1.54, 1.807) is 0 Å². The van der Waals surface area contributed by atoms with E-state index in [9.17, 15) is 0 Å². The van der Waals surface area contributed by atoms with Crippen LogP contribution in [0.25, 0.3) is 209 Å². The summed E-state index contributed by atoms with van der Waals surface area (Å²) >= 11 is 0. The van der Waals surface area contributed by atoms with E-state index in [0.717, 1.165) is 83.0 Å². The number of fused-ring (bicyclic) bond motifs is 28. The van der Waals surface area contributed by atoms with Gasteiger partial charge >= 0.3 is 0 Å². The van der Waals surface area contributed by atoms with Crippen molar-refractivity contribution in [2.45, 2.75) is 5.41 Å². The van der Waals surface area contributed by atoms with Crippen LogP contribution in [-0.4, -0.2) is 29.1 Å². The Morgan fingerprint density at radius 1 is 0.179 bits per heavy atom. The standard InChI is InChI=1S/C65H39N3.C46H29N3/c1-3-22-53-46(16-1)47-17-2-4-23-54(47)64-63(53)66-39-60(67-64)44-14-13-15-45(36-44)68-61-27-12-8-21-52(61)55-37-42(33-35-62(55)68)40-28-30-41(31-29-40)43-32-34-51-50-20-7-11-26-58(50)65(59(51)38-43)56-24-9-5-18-48(56)49-19-6-10-25-57(49)65;1-2-11-30(12-3-1)31-21-23-32(24-22-31)33-25-26-44-41(28-33)38-17-8-9-20-43(38)49(44)35-14-10-13-34(27-35)42-29-47-45-39-18-6-4-15-36(39)37-16-5-7-19-40(37)46(45)48-42/h1-39H;1-29H. The molecule has 1 spiro atoms. The quantitative estimate of drug-likeness (QED) is 0.142. The van der Waals surface area contributed by atoms with Crippen molar-refractivity contribution in [1.82, 2.24) is 29.1 Å². The Labute approximate surface area is 674 Å². The van der Waals surface area contributed by atoms with Crippen LogP contribution in [0.15, 0.2) is 413 Å². The fourth-order valence-electron chi connectivity index (χ4n) is 19.6. The van der Waals surface area contributed by atoms with Crippen LogP contribution < -0.4 is 0 Å². The van der Waals surface area contributed by atoms with Crippen LogP contribution in [-0.2, 0) is 5.41 Å². The number of benzene rings is 19. The average molecular weight is 1490 g/mol. The molecule has 6 heteroatoms. The molecule has 117 heavy (non-hydrogen) atoms. The lowest BCUT2D eigenvalue weighted by Gasteiger charge is -2.30. The van der Waals surface area contributed by atoms with Gasteiger partial charge in [0.05, 0.1) is 73.3 Å². The largest absolute Gasteiger partial charge is 0.309 e. The molecule has 0 bridgehead atoms. The molecule has 23 aromatic rings. The van der Waals surface area contributed by atoms with E-state index in [4.69, 9.17) is 19.9 Å². The van der Waals surface area contributed by atoms with Crippen molar-refractivity contribution >= 4 is 109 Å². The van der Waals surface area contributed by atoms with Crippen molar-refractivity contribution in [2.24, 2.45) is 0 Å². The minimum absolute atomic E-state index is 0.361. The number of aromatic nitrogens is 6. The predicted molar refractivity (Wildman–Crippen MR) is 487 cm³/mol. The first kappa shape index (κ1) is 66.1. The Morgan fingerprint density at radius 2 is 0.479 bits per heavy atom. The molecule has 4 aromatic heterocycles. The molecule has 19 aromatic carbocycles. The molecule has 0 saturated carbocycles. The summed E-state index contributed by atoms with van der Waals surface area (Å²) in [6.07, 6.45) is 3.85. The smallest absolute Gasteiger partial charge is 0.0979 e. The molecule has 0 fully saturated rings. The monoisotopic (exact) mass is 1480 g/mol. The summed E-state index contributed by atoms with van der Waals surface area (Å²) in [4.78, 5) is 20.7. The van der Waals surface area contributed by atoms with Crippen molar-refractivity contribution in [3.05, 3.63) is 435 Å². The van der Waals surface area contributed by atoms with Crippen LogP contribution >= 0.6 is 0 Å². The first-order valence-electron chi connectivity index (χ1n) is 40.1. The Balaban J connectivity index is 0.000000141. The molecule has 0 N–H and O–H groups in total. The number of rotatable bonds is 8. The maximum absolute atomic E-state index is 5.33. The van der Waals surface area contributed by atoms with Gasteiger partial charge in [0.2, 0.25) is 0 Å². The topological polar surface area (TPSA) is 61.4 Å². The lowest BCUT2D eigenvalue weighted by Crippen LogP contribution is -2.25. The number of nitrogens with zero attached hydrogens (tertiary/aromatic N) is 6. The van der Waals surface area contributed by atoms with E-state index in [-0.39, 0.29) is 5.41 Å². The molecular formula is C111H68N6. The van der Waals surface area contributed by atoms with Crippen molar-refractivity contribution in [3.63, 3.8) is 0 Å². The summed E-state index contributed by atoms with van der Waals surface area (Å²) in [6.45, 7) is 0. The third-order valence-electron chi connectivity index (χ3n) is 24.9. The van der Waals surface area contributed by atoms with Crippen LogP contribution in [0.2, 0.25) is 0 Å². The summed E-state index contributed by atoms with van der Waals surface area (Å²) in [6, 6.07) is 145. The highest BCUT2D eigenvalue weighted by atomic mass is 15.0. The summed E-state index contributed by atoms with van der Waals surface area (Å²) in [5.41, 5.74) is 34.4. The van der Waals surface area contributed by atoms with Crippen LogP contribution in [0.1, 0.15) is 22.3 Å². The van der Waals surface area contributed by atoms with Gasteiger partial charge in [0.25, 0.3) is 0 Å². The first-order chi connectivity index (χ1) is 58.0. The van der Waals surface area contributed by atoms with Crippen molar-refractivity contribution in [2.75, 3.05) is 0 Å². The Kier molecular flexibility index (Phi) is 14.9. The van der Waals surface area contributed by atoms with Crippen LogP contribution in [0, 0.1) is 0 Å². The zero-order valence-corrected chi connectivity index (χ0v) is 63.4. The summed E-state index contributed by atoms with van der Waals surface area (Å²) in [5.74, 6) is 0. The minimum atomic E-state index is -0.361. The van der Waals surface area contributed by atoms with Gasteiger partial charge in [0, 0.05) is 65.6 Å². The van der Waals surface area contributed by atoms with Crippen molar-refractivity contribution in [3.8, 4) is 101 Å². The lowest BCUT2D eigenvalue weighted by molar-refractivity contribution is 0.794. The highest BCUT2D eigenvalue weighted by molar-refractivity contribution is 6.25. The van der Waals surface area contributed by atoms with E-state index >= 15 is 0 Å². The normalized spacial score (nSPS) is 12.5. The number of hydrogen-bond donors (Lipinski definition) is 0. The molecule has 2 aliphatic carbocycles. The van der Waals surface area contributed by atoms with E-state index in [1.807, 2.05) is 12.4 Å².